The van der Waals surface area contributed by atoms with E-state index in [0.29, 0.717) is 0 Å². The number of allylic oxidation sites excluding steroid dienone is 1. The Bertz CT molecular complexity index is 832. The molecule has 0 aliphatic heterocycles. The zero-order valence-electron chi connectivity index (χ0n) is 14.9. The summed E-state index contributed by atoms with van der Waals surface area (Å²) in [6, 6.07) is 0. The number of alkyl halides is 20. The zero-order chi connectivity index (χ0) is 27.8. The van der Waals surface area contributed by atoms with Crippen LogP contribution in [0.5, 0.6) is 0 Å². The van der Waals surface area contributed by atoms with Gasteiger partial charge in [0.2, 0.25) is 16.5 Å². The molecule has 2 fully saturated rings. The Labute approximate surface area is 172 Å². The summed E-state index contributed by atoms with van der Waals surface area (Å²) >= 11 is 0. The van der Waals surface area contributed by atoms with Crippen molar-refractivity contribution in [2.24, 2.45) is 22.2 Å². The monoisotopic (exact) mass is 552 g/mol. The molecule has 0 spiro atoms. The molecule has 20 heteroatoms. The fraction of sp³-hybridized carbons (Fsp3) is 0.857. The van der Waals surface area contributed by atoms with Crippen molar-refractivity contribution >= 4 is 0 Å². The van der Waals surface area contributed by atoms with Crippen LogP contribution in [0.4, 0.5) is 87.8 Å². The minimum atomic E-state index is -8.78. The molecule has 0 saturated heterocycles. The van der Waals surface area contributed by atoms with Crippen LogP contribution in [-0.2, 0) is 0 Å². The van der Waals surface area contributed by atoms with Gasteiger partial charge in [0, 0.05) is 5.92 Å². The van der Waals surface area contributed by atoms with Crippen LogP contribution in [0.3, 0.4) is 0 Å². The Morgan fingerprint density at radius 3 is 1.03 bits per heavy atom. The molecule has 2 aliphatic carbocycles. The lowest BCUT2D eigenvalue weighted by molar-refractivity contribution is -0.455. The average Bonchev–Trinajstić information content (AvgIpc) is 2.79. The van der Waals surface area contributed by atoms with Gasteiger partial charge in [0.1, 0.15) is 0 Å². The van der Waals surface area contributed by atoms with Gasteiger partial charge in [-0.25, -0.2) is 4.39 Å². The van der Waals surface area contributed by atoms with E-state index in [4.69, 9.17) is 0 Å². The molecule has 2 aliphatic rings. The van der Waals surface area contributed by atoms with E-state index in [1.807, 2.05) is 0 Å². The van der Waals surface area contributed by atoms with E-state index in [9.17, 15) is 83.4 Å². The van der Waals surface area contributed by atoms with Crippen LogP contribution in [0.1, 0.15) is 0 Å². The van der Waals surface area contributed by atoms with Crippen molar-refractivity contribution in [3.05, 3.63) is 12.7 Å². The first kappa shape index (κ1) is 28.6. The van der Waals surface area contributed by atoms with Crippen LogP contribution in [0.25, 0.3) is 0 Å². The molecule has 0 heterocycles. The number of rotatable bonds is 1. The summed E-state index contributed by atoms with van der Waals surface area (Å²) in [5.74, 6) is -22.7. The van der Waals surface area contributed by atoms with E-state index in [2.05, 4.69) is 0 Å². The predicted molar refractivity (Wildman–Crippen MR) is 65.0 cm³/mol. The van der Waals surface area contributed by atoms with E-state index >= 15 is 4.39 Å². The fourth-order valence-electron chi connectivity index (χ4n) is 5.54. The van der Waals surface area contributed by atoms with E-state index in [-0.39, 0.29) is 0 Å². The lowest BCUT2D eigenvalue weighted by Gasteiger charge is -2.54. The molecule has 34 heavy (non-hydrogen) atoms. The first-order valence-corrected chi connectivity index (χ1v) is 7.85. The van der Waals surface area contributed by atoms with E-state index in [1.165, 1.54) is 0 Å². The highest BCUT2D eigenvalue weighted by Gasteiger charge is 3.21. The van der Waals surface area contributed by atoms with Gasteiger partial charge in [-0.1, -0.05) is 6.08 Å². The Hall–Kier alpha value is -1.66. The van der Waals surface area contributed by atoms with Crippen LogP contribution in [0, 0.1) is 22.2 Å². The summed E-state index contributed by atoms with van der Waals surface area (Å²) in [5, 5.41) is 0. The van der Waals surface area contributed by atoms with Crippen LogP contribution in [0.2, 0.25) is 0 Å². The maximum Gasteiger partial charge on any atom is 0.407 e. The van der Waals surface area contributed by atoms with Crippen LogP contribution >= 0.6 is 0 Å². The van der Waals surface area contributed by atoms with Crippen LogP contribution in [0.15, 0.2) is 12.7 Å². The predicted octanol–water partition coefficient (Wildman–Crippen LogP) is 7.57. The fourth-order valence-corrected chi connectivity index (χ4v) is 5.54. The van der Waals surface area contributed by atoms with Crippen molar-refractivity contribution in [3.8, 4) is 0 Å². The quantitative estimate of drug-likeness (QED) is 0.233. The molecule has 0 N–H and O–H groups in total. The minimum absolute atomic E-state index is 1.74. The van der Waals surface area contributed by atoms with Gasteiger partial charge in [-0.05, 0) is 0 Å². The summed E-state index contributed by atoms with van der Waals surface area (Å²) in [7, 11) is 0. The van der Waals surface area contributed by atoms with E-state index in [0.717, 1.165) is 0 Å². The molecule has 0 amide bonds. The zero-order valence-corrected chi connectivity index (χ0v) is 14.9. The molecule has 0 aromatic heterocycles. The van der Waals surface area contributed by atoms with Crippen LogP contribution in [-0.4, -0.2) is 48.4 Å². The van der Waals surface area contributed by atoms with Crippen molar-refractivity contribution in [1.29, 1.82) is 0 Å². The second-order valence-electron chi connectivity index (χ2n) is 7.38. The van der Waals surface area contributed by atoms with Crippen molar-refractivity contribution in [2.75, 3.05) is 0 Å². The van der Waals surface area contributed by atoms with Crippen molar-refractivity contribution in [1.82, 2.24) is 0 Å². The second kappa shape index (κ2) is 6.18. The molecule has 0 aromatic rings. The molecule has 3 unspecified atom stereocenters. The van der Waals surface area contributed by atoms with Gasteiger partial charge in [0.25, 0.3) is 0 Å². The maximum atomic E-state index is 15.5. The topological polar surface area (TPSA) is 0 Å². The van der Waals surface area contributed by atoms with Gasteiger partial charge in [0.15, 0.2) is 5.41 Å². The van der Waals surface area contributed by atoms with Crippen LogP contribution < -0.4 is 0 Å². The van der Waals surface area contributed by atoms with Gasteiger partial charge < -0.3 is 0 Å². The number of halogens is 20. The highest BCUT2D eigenvalue weighted by Crippen LogP contribution is 2.97. The Morgan fingerprint density at radius 1 is 0.500 bits per heavy atom. The van der Waals surface area contributed by atoms with Gasteiger partial charge >= 0.3 is 42.7 Å². The lowest BCUT2D eigenvalue weighted by Crippen LogP contribution is -2.77. The third-order valence-electron chi connectivity index (χ3n) is 6.33. The summed E-state index contributed by atoms with van der Waals surface area (Å²) in [6.07, 6.45) is -43.8. The van der Waals surface area contributed by atoms with E-state index < -0.39 is 76.6 Å². The molecule has 3 atom stereocenters. The molecule has 0 nitrogen and oxygen atoms in total. The van der Waals surface area contributed by atoms with Gasteiger partial charge in [0.05, 0.1) is 0 Å². The first-order chi connectivity index (χ1) is 14.4. The molecule has 2 rings (SSSR count). The van der Waals surface area contributed by atoms with Crippen molar-refractivity contribution < 1.29 is 87.8 Å². The largest absolute Gasteiger partial charge is 0.407 e. The Balaban J connectivity index is 3.68. The standard InChI is InChI=1S/C14H4F20/c1-2-3-4(10(20,21)22)6(13(29,30)31,14(32,33)34)7(15,9(18,19)8(4,16)17)5(3,11(23,24)25)12(26,27)28/h2-3H,1H2. The van der Waals surface area contributed by atoms with E-state index in [1.54, 1.807) is 6.58 Å². The number of hydrogen-bond donors (Lipinski definition) is 0. The first-order valence-electron chi connectivity index (χ1n) is 7.85. The Morgan fingerprint density at radius 2 is 0.824 bits per heavy atom. The summed E-state index contributed by atoms with van der Waals surface area (Å²) < 4.78 is 278. The maximum absolute atomic E-state index is 15.5. The second-order valence-corrected chi connectivity index (χ2v) is 7.38. The molecular formula is C14H4F20. The summed E-state index contributed by atoms with van der Waals surface area (Å²) in [5.41, 5.74) is -33.6. The molecule has 2 bridgehead atoms. The van der Waals surface area contributed by atoms with Crippen molar-refractivity contribution in [3.63, 3.8) is 0 Å². The van der Waals surface area contributed by atoms with Gasteiger partial charge in [-0.15, -0.1) is 6.58 Å². The average molecular weight is 552 g/mol. The lowest BCUT2D eigenvalue weighted by atomic mass is 9.56. The molecule has 2 saturated carbocycles. The van der Waals surface area contributed by atoms with Crippen molar-refractivity contribution in [2.45, 2.75) is 48.4 Å². The highest BCUT2D eigenvalue weighted by atomic mass is 19.4. The molecule has 200 valence electrons. The SMILES string of the molecule is C=CC1C(C(F)(F)F)(C(F)(F)F)C2(F)C(F)(F)C(F)(F)C1(C(F)(F)F)C2(C(F)(F)F)C(F)(F)F. The highest BCUT2D eigenvalue weighted by molar-refractivity contribution is 5.49. The molecule has 0 aromatic carbocycles. The summed E-state index contributed by atoms with van der Waals surface area (Å²) in [6.45, 7) is 1.74. The minimum Gasteiger partial charge on any atom is -0.234 e. The third kappa shape index (κ3) is 2.11. The Kier molecular flexibility index (Phi) is 5.19. The van der Waals surface area contributed by atoms with Gasteiger partial charge in [-0.2, -0.15) is 83.4 Å². The normalized spacial score (nSPS) is 34.9. The third-order valence-corrected chi connectivity index (χ3v) is 6.33. The smallest absolute Gasteiger partial charge is 0.234 e. The molecule has 0 radical (unpaired) electrons. The molecular weight excluding hydrogens is 548 g/mol. The summed E-state index contributed by atoms with van der Waals surface area (Å²) in [4.78, 5) is 0. The number of fused-ring (bicyclic) bond motifs is 2. The van der Waals surface area contributed by atoms with Gasteiger partial charge in [-0.3, -0.25) is 0 Å². The number of hydrogen-bond acceptors (Lipinski definition) is 0.